The minimum Gasteiger partial charge on any atom is -0.458 e. The van der Waals surface area contributed by atoms with E-state index in [4.69, 9.17) is 13.8 Å². The van der Waals surface area contributed by atoms with Gasteiger partial charge in [-0.1, -0.05) is 185 Å². The molecule has 3 aromatic heterocycles. The van der Waals surface area contributed by atoms with Gasteiger partial charge in [-0.15, -0.1) is 0 Å². The van der Waals surface area contributed by atoms with Crippen molar-refractivity contribution in [3.63, 3.8) is 0 Å². The van der Waals surface area contributed by atoms with Crippen molar-refractivity contribution in [2.24, 2.45) is 5.92 Å². The molecule has 5 heteroatoms. The van der Waals surface area contributed by atoms with E-state index in [-0.39, 0.29) is 39.8 Å². The summed E-state index contributed by atoms with van der Waals surface area (Å²) >= 11 is 0. The summed E-state index contributed by atoms with van der Waals surface area (Å²) in [6.45, 7) is 23.5. The van der Waals surface area contributed by atoms with E-state index in [9.17, 15) is 5.48 Å². The number of hydrogen-bond acceptors (Lipinski definition) is 2. The lowest BCUT2D eigenvalue weighted by Gasteiger charge is -2.27. The van der Waals surface area contributed by atoms with Crippen LogP contribution in [0.1, 0.15) is 108 Å². The Labute approximate surface area is 418 Å². The molecule has 0 aliphatic rings. The summed E-state index contributed by atoms with van der Waals surface area (Å²) in [5.74, 6) is 1.64. The highest BCUT2D eigenvalue weighted by Crippen LogP contribution is 2.40. The van der Waals surface area contributed by atoms with E-state index >= 15 is 0 Å². The van der Waals surface area contributed by atoms with Crippen LogP contribution in [-0.2, 0) is 22.6 Å². The molecule has 10 rings (SSSR count). The van der Waals surface area contributed by atoms with Gasteiger partial charge >= 0.3 is 0 Å². The first-order valence-corrected chi connectivity index (χ1v) is 23.9. The zero-order valence-electron chi connectivity index (χ0n) is 48.6. The van der Waals surface area contributed by atoms with Crippen LogP contribution in [0.25, 0.3) is 72.3 Å². The van der Waals surface area contributed by atoms with Crippen molar-refractivity contribution in [2.75, 3.05) is 0 Å². The van der Waals surface area contributed by atoms with E-state index in [1.165, 1.54) is 5.56 Å². The summed E-state index contributed by atoms with van der Waals surface area (Å²) in [5, 5.41) is 2.17. The van der Waals surface area contributed by atoms with Gasteiger partial charge in [-0.2, -0.15) is 0 Å². The first-order valence-electron chi connectivity index (χ1n) is 27.4. The Hall–Kier alpha value is -7.24. The van der Waals surface area contributed by atoms with Gasteiger partial charge in [0.1, 0.15) is 17.3 Å². The quantitative estimate of drug-likeness (QED) is 0.107. The fraction of sp³-hybridized carbons (Fsp3) is 0.250. The number of imidazole rings is 1. The Balaban J connectivity index is 1.20. The van der Waals surface area contributed by atoms with Gasteiger partial charge < -0.3 is 4.74 Å². The largest absolute Gasteiger partial charge is 0.458 e. The van der Waals surface area contributed by atoms with Crippen LogP contribution in [0.5, 0.6) is 11.5 Å². The topological polar surface area (TPSA) is 35.9 Å². The van der Waals surface area contributed by atoms with Crippen LogP contribution in [0.3, 0.4) is 0 Å². The summed E-state index contributed by atoms with van der Waals surface area (Å²) < 4.78 is 76.0. The van der Waals surface area contributed by atoms with E-state index in [0.717, 1.165) is 49.9 Å². The number of aromatic nitrogens is 4. The van der Waals surface area contributed by atoms with Crippen LogP contribution in [0.2, 0.25) is 0 Å². The number of rotatable bonds is 9. The van der Waals surface area contributed by atoms with Crippen molar-refractivity contribution < 1.29 is 18.9 Å². The fourth-order valence-electron chi connectivity index (χ4n) is 9.23. The molecule has 0 spiro atoms. The third-order valence-corrected chi connectivity index (χ3v) is 12.9. The highest BCUT2D eigenvalue weighted by molar-refractivity contribution is 6.09. The number of benzene rings is 7. The van der Waals surface area contributed by atoms with Crippen LogP contribution < -0.4 is 9.30 Å². The molecule has 0 radical (unpaired) electrons. The van der Waals surface area contributed by atoms with Gasteiger partial charge in [-0.25, -0.2) is 4.98 Å². The Morgan fingerprint density at radius 3 is 1.99 bits per heavy atom. The molecular weight excluding hydrogens is 841 g/mol. The molecule has 0 saturated carbocycles. The zero-order chi connectivity index (χ0) is 54.6. The van der Waals surface area contributed by atoms with Gasteiger partial charge in [0.05, 0.1) is 40.3 Å². The molecule has 0 atom stereocenters. The molecule has 346 valence electrons. The zero-order valence-corrected chi connectivity index (χ0v) is 41.6. The number of para-hydroxylation sites is 2. The van der Waals surface area contributed by atoms with Crippen molar-refractivity contribution in [1.82, 2.24) is 14.1 Å². The maximum Gasteiger partial charge on any atom is 0.269 e. The third kappa shape index (κ3) is 8.87. The first-order chi connectivity index (χ1) is 35.7. The molecule has 5 nitrogen and oxygen atoms in total. The van der Waals surface area contributed by atoms with E-state index in [1.807, 2.05) is 102 Å². The number of ether oxygens (including phenoxy) is 1. The number of pyridine rings is 1. The van der Waals surface area contributed by atoms with E-state index < -0.39 is 24.5 Å². The van der Waals surface area contributed by atoms with Gasteiger partial charge in [-0.3, -0.25) is 13.7 Å². The van der Waals surface area contributed by atoms with Crippen molar-refractivity contribution in [1.29, 1.82) is 0 Å². The van der Waals surface area contributed by atoms with E-state index in [0.29, 0.717) is 45.0 Å². The molecule has 0 aliphatic heterocycles. The number of nitrogens with zero attached hydrogens (tertiary/aromatic N) is 4. The minimum atomic E-state index is -1.70. The Bertz CT molecular complexity index is 3880. The molecule has 0 bridgehead atoms. The van der Waals surface area contributed by atoms with Gasteiger partial charge in [0.25, 0.3) is 6.33 Å². The maximum absolute atomic E-state index is 9.30. The second-order valence-electron chi connectivity index (χ2n) is 21.6. The fourth-order valence-corrected chi connectivity index (χ4v) is 9.23. The molecule has 3 heterocycles. The molecular formula is C64H64N4O. The van der Waals surface area contributed by atoms with Crippen molar-refractivity contribution in [3.05, 3.63) is 198 Å². The molecule has 0 saturated heterocycles. The number of hydrogen-bond donors (Lipinski definition) is 0. The second kappa shape index (κ2) is 17.4. The van der Waals surface area contributed by atoms with Crippen molar-refractivity contribution >= 4 is 32.8 Å². The first kappa shape index (κ1) is 37.7. The summed E-state index contributed by atoms with van der Waals surface area (Å²) in [6.07, 6.45) is 3.86. The van der Waals surface area contributed by atoms with Crippen LogP contribution in [-0.4, -0.2) is 14.1 Å². The smallest absolute Gasteiger partial charge is 0.269 e. The second-order valence-corrected chi connectivity index (χ2v) is 21.6. The van der Waals surface area contributed by atoms with Crippen LogP contribution in [0, 0.1) is 12.2 Å². The van der Waals surface area contributed by atoms with E-state index in [2.05, 4.69) is 134 Å². The SMILES string of the molecule is [2H]c1c([2H])c([2H])c(-c2cccc(-c3cc(C(C)(C)C)cc(C(C)(C)C)c3)c2-[n+]2[c-]n(-c3cccc(Oc4ccc5c6ccccc6n(-c6cc(C(C)(C)C)ccn6)c5c4)c3)c3cc(C([2H])([2H])C(C)C)ccc32)c([2H])c1[2H]. The van der Waals surface area contributed by atoms with Crippen LogP contribution in [0.4, 0.5) is 0 Å². The van der Waals surface area contributed by atoms with Crippen LogP contribution >= 0.6 is 0 Å². The summed E-state index contributed by atoms with van der Waals surface area (Å²) in [5.41, 5.74) is 9.98. The lowest BCUT2D eigenvalue weighted by Crippen LogP contribution is -2.31. The Kier molecular flexibility index (Phi) is 9.49. The van der Waals surface area contributed by atoms with Gasteiger partial charge in [0.15, 0.2) is 0 Å². The van der Waals surface area contributed by atoms with Gasteiger partial charge in [-0.05, 0) is 122 Å². The average Bonchev–Trinajstić information content (AvgIpc) is 3.96. The van der Waals surface area contributed by atoms with Crippen molar-refractivity contribution in [2.45, 2.75) is 98.8 Å². The molecule has 0 N–H and O–H groups in total. The Morgan fingerprint density at radius 2 is 1.28 bits per heavy atom. The predicted octanol–water partition coefficient (Wildman–Crippen LogP) is 16.4. The highest BCUT2D eigenvalue weighted by Gasteiger charge is 2.25. The number of fused-ring (bicyclic) bond motifs is 4. The van der Waals surface area contributed by atoms with E-state index in [1.54, 1.807) is 0 Å². The standard InChI is InChI=1S/C64H64N4O/c1-42(2)33-43-27-30-57-59(34-43)66(41-67(57)61-52(44-19-13-12-14-20-44)24-18-25-53(61)45-35-47(63(6,7)8)37-48(36-45)64(9,10)11)49-21-17-22-50(39-49)69-51-28-29-55-54-23-15-16-26-56(54)68(58(55)40-51)60-38-46(31-32-65-60)62(3,4)5/h12-32,34-40,42H,33H2,1-11H3/i12D,13D,14D,19D,20D,33D2. The third-order valence-electron chi connectivity index (χ3n) is 12.9. The predicted molar refractivity (Wildman–Crippen MR) is 288 cm³/mol. The minimum absolute atomic E-state index is 0.0597. The molecule has 10 aromatic rings. The highest BCUT2D eigenvalue weighted by atomic mass is 16.5. The maximum atomic E-state index is 9.30. The molecule has 0 unspecified atom stereocenters. The van der Waals surface area contributed by atoms with Gasteiger partial charge in [0.2, 0.25) is 0 Å². The van der Waals surface area contributed by atoms with Crippen molar-refractivity contribution in [3.8, 4) is 50.9 Å². The normalized spacial score (nSPS) is 14.1. The average molecular weight is 912 g/mol. The summed E-state index contributed by atoms with van der Waals surface area (Å²) in [4.78, 5) is 4.87. The molecule has 7 aromatic carbocycles. The van der Waals surface area contributed by atoms with Crippen LogP contribution in [0.15, 0.2) is 170 Å². The lowest BCUT2D eigenvalue weighted by molar-refractivity contribution is -0.571. The molecule has 0 fully saturated rings. The van der Waals surface area contributed by atoms with Gasteiger partial charge in [0, 0.05) is 25.8 Å². The lowest BCUT2D eigenvalue weighted by atomic mass is 9.78. The Morgan fingerprint density at radius 1 is 0.609 bits per heavy atom. The summed E-state index contributed by atoms with van der Waals surface area (Å²) in [7, 11) is 0. The molecule has 0 amide bonds. The molecule has 0 aliphatic carbocycles. The molecule has 69 heavy (non-hydrogen) atoms. The summed E-state index contributed by atoms with van der Waals surface area (Å²) in [6, 6.07) is 42.3. The monoisotopic (exact) mass is 912 g/mol.